The van der Waals surface area contributed by atoms with Crippen LogP contribution < -0.4 is 5.32 Å². The molecule has 4 heteroatoms. The molecule has 2 nitrogen and oxygen atoms in total. The van der Waals surface area contributed by atoms with Crippen LogP contribution in [0.3, 0.4) is 0 Å². The molecule has 0 spiro atoms. The van der Waals surface area contributed by atoms with Gasteiger partial charge in [0.15, 0.2) is 0 Å². The summed E-state index contributed by atoms with van der Waals surface area (Å²) in [5.74, 6) is 0. The fourth-order valence-electron chi connectivity index (χ4n) is 1.69. The number of nitrogens with one attached hydrogen (secondary N) is 1. The Bertz CT molecular complexity index is 268. The molecule has 1 aliphatic rings. The third-order valence-corrected chi connectivity index (χ3v) is 3.94. The Labute approximate surface area is 90.9 Å². The minimum atomic E-state index is 0.659. The van der Waals surface area contributed by atoms with Crippen LogP contribution in [-0.4, -0.2) is 17.6 Å². The highest BCUT2D eigenvalue weighted by atomic mass is 79.9. The van der Waals surface area contributed by atoms with Crippen LogP contribution in [0.15, 0.2) is 9.98 Å². The van der Waals surface area contributed by atoms with Crippen LogP contribution in [0.1, 0.15) is 24.3 Å². The standard InChI is InChI=1S/C9H13BrN2S/c10-8-6-13-9(12-8)5-7-3-1-2-4-11-7/h6-7,11H,1-5H2. The maximum Gasteiger partial charge on any atom is 0.117 e. The smallest absolute Gasteiger partial charge is 0.117 e. The monoisotopic (exact) mass is 260 g/mol. The lowest BCUT2D eigenvalue weighted by atomic mass is 10.0. The van der Waals surface area contributed by atoms with E-state index in [0.29, 0.717) is 6.04 Å². The fraction of sp³-hybridized carbons (Fsp3) is 0.667. The average molecular weight is 261 g/mol. The summed E-state index contributed by atoms with van der Waals surface area (Å²) in [6, 6.07) is 0.659. The van der Waals surface area contributed by atoms with Crippen molar-refractivity contribution in [2.45, 2.75) is 31.7 Å². The van der Waals surface area contributed by atoms with Gasteiger partial charge in [0.25, 0.3) is 0 Å². The third kappa shape index (κ3) is 2.76. The van der Waals surface area contributed by atoms with Gasteiger partial charge in [-0.2, -0.15) is 0 Å². The number of halogens is 1. The Balaban J connectivity index is 1.89. The quantitative estimate of drug-likeness (QED) is 0.885. The van der Waals surface area contributed by atoms with Gasteiger partial charge in [-0.05, 0) is 35.3 Å². The van der Waals surface area contributed by atoms with E-state index in [1.165, 1.54) is 30.8 Å². The largest absolute Gasteiger partial charge is 0.314 e. The average Bonchev–Trinajstić information content (AvgIpc) is 2.53. The fourth-order valence-corrected chi connectivity index (χ4v) is 3.04. The Morgan fingerprint density at radius 3 is 3.15 bits per heavy atom. The lowest BCUT2D eigenvalue weighted by Crippen LogP contribution is -2.35. The Hall–Kier alpha value is 0.0700. The van der Waals surface area contributed by atoms with Crippen molar-refractivity contribution in [1.82, 2.24) is 10.3 Å². The summed E-state index contributed by atoms with van der Waals surface area (Å²) in [5.41, 5.74) is 0. The Morgan fingerprint density at radius 1 is 1.62 bits per heavy atom. The van der Waals surface area contributed by atoms with Crippen molar-refractivity contribution < 1.29 is 0 Å². The van der Waals surface area contributed by atoms with Crippen molar-refractivity contribution in [3.05, 3.63) is 15.0 Å². The van der Waals surface area contributed by atoms with E-state index in [1.807, 2.05) is 0 Å². The summed E-state index contributed by atoms with van der Waals surface area (Å²) in [7, 11) is 0. The van der Waals surface area contributed by atoms with Crippen molar-refractivity contribution in [2.75, 3.05) is 6.54 Å². The molecule has 1 aromatic heterocycles. The van der Waals surface area contributed by atoms with Crippen molar-refractivity contribution in [1.29, 1.82) is 0 Å². The highest BCUT2D eigenvalue weighted by Gasteiger charge is 2.14. The van der Waals surface area contributed by atoms with Gasteiger partial charge in [0.2, 0.25) is 0 Å². The van der Waals surface area contributed by atoms with Crippen molar-refractivity contribution >= 4 is 27.3 Å². The molecule has 72 valence electrons. The van der Waals surface area contributed by atoms with E-state index >= 15 is 0 Å². The summed E-state index contributed by atoms with van der Waals surface area (Å²) in [6.45, 7) is 1.18. The first kappa shape index (κ1) is 9.62. The molecule has 13 heavy (non-hydrogen) atoms. The predicted octanol–water partition coefficient (Wildman–Crippen LogP) is 2.59. The van der Waals surface area contributed by atoms with Crippen LogP contribution in [0.25, 0.3) is 0 Å². The van der Waals surface area contributed by atoms with E-state index in [2.05, 4.69) is 31.6 Å². The summed E-state index contributed by atoms with van der Waals surface area (Å²) in [4.78, 5) is 4.40. The van der Waals surface area contributed by atoms with Gasteiger partial charge in [-0.1, -0.05) is 6.42 Å². The van der Waals surface area contributed by atoms with E-state index in [0.717, 1.165) is 11.0 Å². The molecule has 1 atom stereocenters. The first-order valence-corrected chi connectivity index (χ1v) is 6.35. The molecule has 0 saturated carbocycles. The minimum absolute atomic E-state index is 0.659. The van der Waals surface area contributed by atoms with Gasteiger partial charge >= 0.3 is 0 Å². The van der Waals surface area contributed by atoms with E-state index in [1.54, 1.807) is 11.3 Å². The second-order valence-corrected chi connectivity index (χ2v) is 5.17. The molecular formula is C9H13BrN2S. The zero-order valence-corrected chi connectivity index (χ0v) is 9.83. The van der Waals surface area contributed by atoms with E-state index in [9.17, 15) is 0 Å². The highest BCUT2D eigenvalue weighted by molar-refractivity contribution is 9.10. The summed E-state index contributed by atoms with van der Waals surface area (Å²) in [6.07, 6.45) is 5.09. The highest BCUT2D eigenvalue weighted by Crippen LogP contribution is 2.18. The Morgan fingerprint density at radius 2 is 2.54 bits per heavy atom. The predicted molar refractivity (Wildman–Crippen MR) is 59.2 cm³/mol. The topological polar surface area (TPSA) is 24.9 Å². The number of piperidine rings is 1. The van der Waals surface area contributed by atoms with Crippen LogP contribution in [0.2, 0.25) is 0 Å². The molecule has 2 heterocycles. The second kappa shape index (κ2) is 4.53. The molecule has 2 rings (SSSR count). The molecule has 0 aliphatic carbocycles. The lowest BCUT2D eigenvalue weighted by molar-refractivity contribution is 0.399. The number of nitrogens with zero attached hydrogens (tertiary/aromatic N) is 1. The van der Waals surface area contributed by atoms with Gasteiger partial charge in [0.1, 0.15) is 4.60 Å². The van der Waals surface area contributed by atoms with Crippen LogP contribution in [0, 0.1) is 0 Å². The number of thiazole rings is 1. The maximum absolute atomic E-state index is 4.40. The van der Waals surface area contributed by atoms with E-state index in [-0.39, 0.29) is 0 Å². The zero-order chi connectivity index (χ0) is 9.10. The molecule has 1 fully saturated rings. The molecule has 1 N–H and O–H groups in total. The number of aromatic nitrogens is 1. The number of hydrogen-bond donors (Lipinski definition) is 1. The summed E-state index contributed by atoms with van der Waals surface area (Å²) in [5, 5.41) is 6.82. The number of rotatable bonds is 2. The maximum atomic E-state index is 4.40. The lowest BCUT2D eigenvalue weighted by Gasteiger charge is -2.22. The molecule has 0 radical (unpaired) electrons. The number of hydrogen-bond acceptors (Lipinski definition) is 3. The molecule has 0 aromatic carbocycles. The van der Waals surface area contributed by atoms with Crippen LogP contribution in [0.4, 0.5) is 0 Å². The SMILES string of the molecule is Brc1csc(CC2CCCCN2)n1. The summed E-state index contributed by atoms with van der Waals surface area (Å²) < 4.78 is 0.975. The molecule has 0 amide bonds. The van der Waals surface area contributed by atoms with Gasteiger partial charge in [0.05, 0.1) is 5.01 Å². The summed E-state index contributed by atoms with van der Waals surface area (Å²) >= 11 is 5.12. The van der Waals surface area contributed by atoms with Gasteiger partial charge in [-0.3, -0.25) is 0 Å². The van der Waals surface area contributed by atoms with Crippen LogP contribution in [0.5, 0.6) is 0 Å². The molecule has 1 unspecified atom stereocenters. The van der Waals surface area contributed by atoms with E-state index in [4.69, 9.17) is 0 Å². The van der Waals surface area contributed by atoms with Gasteiger partial charge in [-0.15, -0.1) is 11.3 Å². The van der Waals surface area contributed by atoms with Crippen molar-refractivity contribution in [3.63, 3.8) is 0 Å². The molecule has 0 bridgehead atoms. The Kier molecular flexibility index (Phi) is 3.35. The zero-order valence-electron chi connectivity index (χ0n) is 7.42. The molecular weight excluding hydrogens is 248 g/mol. The third-order valence-electron chi connectivity index (χ3n) is 2.36. The molecule has 1 aliphatic heterocycles. The van der Waals surface area contributed by atoms with Crippen molar-refractivity contribution in [3.8, 4) is 0 Å². The molecule has 1 aromatic rings. The van der Waals surface area contributed by atoms with Crippen LogP contribution in [-0.2, 0) is 6.42 Å². The van der Waals surface area contributed by atoms with E-state index < -0.39 is 0 Å². The van der Waals surface area contributed by atoms with Crippen molar-refractivity contribution in [2.24, 2.45) is 0 Å². The molecule has 1 saturated heterocycles. The van der Waals surface area contributed by atoms with Crippen LogP contribution >= 0.6 is 27.3 Å². The van der Waals surface area contributed by atoms with Gasteiger partial charge < -0.3 is 5.32 Å². The first-order chi connectivity index (χ1) is 6.34. The minimum Gasteiger partial charge on any atom is -0.314 e. The first-order valence-electron chi connectivity index (χ1n) is 4.68. The second-order valence-electron chi connectivity index (χ2n) is 3.41. The van der Waals surface area contributed by atoms with Gasteiger partial charge in [-0.25, -0.2) is 4.98 Å². The van der Waals surface area contributed by atoms with Gasteiger partial charge in [0, 0.05) is 17.8 Å². The normalized spacial score (nSPS) is 23.3.